The molecule has 0 radical (unpaired) electrons. The van der Waals surface area contributed by atoms with E-state index in [1.807, 2.05) is 0 Å². The smallest absolute Gasteiger partial charge is 0.222 e. The molecule has 1 heterocycles. The van der Waals surface area contributed by atoms with Crippen LogP contribution >= 0.6 is 0 Å². The highest BCUT2D eigenvalue weighted by atomic mass is 15.0. The Kier molecular flexibility index (Phi) is 3.92. The van der Waals surface area contributed by atoms with E-state index in [0.29, 0.717) is 5.82 Å². The molecule has 22 heavy (non-hydrogen) atoms. The molecule has 4 heteroatoms. The highest BCUT2D eigenvalue weighted by molar-refractivity contribution is 5.85. The average Bonchev–Trinajstić information content (AvgIpc) is 2.53. The van der Waals surface area contributed by atoms with Crippen LogP contribution in [0.2, 0.25) is 0 Å². The van der Waals surface area contributed by atoms with Crippen LogP contribution in [0, 0.1) is 0 Å². The first-order chi connectivity index (χ1) is 10.7. The highest BCUT2D eigenvalue weighted by Gasteiger charge is 2.11. The number of nitrogen functional groups attached to an aromatic ring is 2. The zero-order valence-electron chi connectivity index (χ0n) is 12.7. The van der Waals surface area contributed by atoms with Crippen molar-refractivity contribution in [2.45, 2.75) is 26.2 Å². The molecule has 0 saturated heterocycles. The van der Waals surface area contributed by atoms with Gasteiger partial charge in [-0.3, -0.25) is 0 Å². The van der Waals surface area contributed by atoms with Crippen molar-refractivity contribution in [2.75, 3.05) is 11.5 Å². The molecular formula is C18H20N4. The Morgan fingerprint density at radius 1 is 0.909 bits per heavy atom. The van der Waals surface area contributed by atoms with E-state index in [2.05, 4.69) is 59.4 Å². The second kappa shape index (κ2) is 6.02. The summed E-state index contributed by atoms with van der Waals surface area (Å²) < 4.78 is 0. The maximum absolute atomic E-state index is 6.04. The topological polar surface area (TPSA) is 77.8 Å². The predicted octanol–water partition coefficient (Wildman–Crippen LogP) is 3.14. The van der Waals surface area contributed by atoms with Crippen molar-refractivity contribution >= 4 is 22.5 Å². The number of rotatable bonds is 4. The quantitative estimate of drug-likeness (QED) is 0.774. The van der Waals surface area contributed by atoms with Crippen molar-refractivity contribution in [3.8, 4) is 0 Å². The fraction of sp³-hybridized carbons (Fsp3) is 0.222. The largest absolute Gasteiger partial charge is 0.383 e. The molecule has 0 aliphatic rings. The number of benzene rings is 2. The van der Waals surface area contributed by atoms with Gasteiger partial charge >= 0.3 is 0 Å². The fourth-order valence-corrected chi connectivity index (χ4v) is 2.90. The van der Waals surface area contributed by atoms with Crippen LogP contribution in [0.5, 0.6) is 0 Å². The normalized spacial score (nSPS) is 11.0. The Balaban J connectivity index is 1.92. The summed E-state index contributed by atoms with van der Waals surface area (Å²) in [6.07, 6.45) is 2.54. The minimum atomic E-state index is 0.253. The maximum atomic E-state index is 6.04. The zero-order chi connectivity index (χ0) is 15.5. The van der Waals surface area contributed by atoms with Gasteiger partial charge in [0.2, 0.25) is 5.95 Å². The monoisotopic (exact) mass is 292 g/mol. The second-order valence-electron chi connectivity index (χ2n) is 5.38. The molecule has 2 aromatic carbocycles. The van der Waals surface area contributed by atoms with Gasteiger partial charge in [0.1, 0.15) is 5.82 Å². The Labute approximate surface area is 130 Å². The van der Waals surface area contributed by atoms with Crippen molar-refractivity contribution in [1.82, 2.24) is 9.97 Å². The van der Waals surface area contributed by atoms with E-state index in [9.17, 15) is 0 Å². The average molecular weight is 292 g/mol. The Hall–Kier alpha value is -2.62. The minimum absolute atomic E-state index is 0.253. The summed E-state index contributed by atoms with van der Waals surface area (Å²) in [5, 5.41) is 2.55. The fourth-order valence-electron chi connectivity index (χ4n) is 2.90. The van der Waals surface area contributed by atoms with Gasteiger partial charge in [-0.1, -0.05) is 49.4 Å². The van der Waals surface area contributed by atoms with Gasteiger partial charge in [0, 0.05) is 5.56 Å². The van der Waals surface area contributed by atoms with Crippen molar-refractivity contribution in [3.05, 3.63) is 59.3 Å². The molecule has 1 aromatic heterocycles. The molecule has 0 unspecified atom stereocenters. The Morgan fingerprint density at radius 2 is 1.68 bits per heavy atom. The lowest BCUT2D eigenvalue weighted by atomic mass is 9.98. The lowest BCUT2D eigenvalue weighted by Crippen LogP contribution is -2.09. The molecule has 0 amide bonds. The van der Waals surface area contributed by atoms with Crippen LogP contribution in [0.3, 0.4) is 0 Å². The van der Waals surface area contributed by atoms with Crippen molar-refractivity contribution in [3.63, 3.8) is 0 Å². The van der Waals surface area contributed by atoms with E-state index in [1.54, 1.807) is 0 Å². The van der Waals surface area contributed by atoms with Gasteiger partial charge in [-0.25, -0.2) is 4.98 Å². The van der Waals surface area contributed by atoms with Crippen LogP contribution in [-0.4, -0.2) is 9.97 Å². The van der Waals surface area contributed by atoms with E-state index in [0.717, 1.165) is 30.5 Å². The van der Waals surface area contributed by atoms with E-state index >= 15 is 0 Å². The van der Waals surface area contributed by atoms with Crippen LogP contribution in [0.25, 0.3) is 10.8 Å². The Morgan fingerprint density at radius 3 is 2.50 bits per heavy atom. The molecule has 112 valence electrons. The van der Waals surface area contributed by atoms with Crippen LogP contribution in [0.15, 0.2) is 42.5 Å². The van der Waals surface area contributed by atoms with E-state index in [4.69, 9.17) is 11.5 Å². The van der Waals surface area contributed by atoms with Gasteiger partial charge in [0.05, 0.1) is 5.69 Å². The second-order valence-corrected chi connectivity index (χ2v) is 5.38. The lowest BCUT2D eigenvalue weighted by molar-refractivity contribution is 0.893. The van der Waals surface area contributed by atoms with Gasteiger partial charge in [0.15, 0.2) is 0 Å². The standard InChI is InChI=1S/C18H20N4/c1-2-16-15(17(19)22-18(20)21-16)11-10-13-8-5-7-12-6-3-4-9-14(12)13/h3-9H,2,10-11H2,1H3,(H4,19,20,21,22). The summed E-state index contributed by atoms with van der Waals surface area (Å²) in [5.41, 5.74) is 15.0. The van der Waals surface area contributed by atoms with Crippen molar-refractivity contribution in [1.29, 1.82) is 0 Å². The molecule has 0 aliphatic heterocycles. The summed E-state index contributed by atoms with van der Waals surface area (Å²) in [6.45, 7) is 2.06. The Bertz CT molecular complexity index is 806. The van der Waals surface area contributed by atoms with Crippen molar-refractivity contribution < 1.29 is 0 Å². The van der Waals surface area contributed by atoms with Gasteiger partial charge in [-0.2, -0.15) is 4.98 Å². The lowest BCUT2D eigenvalue weighted by Gasteiger charge is -2.11. The molecule has 0 atom stereocenters. The summed E-state index contributed by atoms with van der Waals surface area (Å²) in [7, 11) is 0. The van der Waals surface area contributed by atoms with Gasteiger partial charge < -0.3 is 11.5 Å². The molecule has 0 spiro atoms. The van der Waals surface area contributed by atoms with Gasteiger partial charge in [-0.05, 0) is 35.6 Å². The minimum Gasteiger partial charge on any atom is -0.383 e. The number of hydrogen-bond acceptors (Lipinski definition) is 4. The summed E-state index contributed by atoms with van der Waals surface area (Å²) in [4.78, 5) is 8.41. The molecule has 4 nitrogen and oxygen atoms in total. The molecule has 3 rings (SSSR count). The number of fused-ring (bicyclic) bond motifs is 1. The summed E-state index contributed by atoms with van der Waals surface area (Å²) in [5.74, 6) is 0.757. The van der Waals surface area contributed by atoms with Gasteiger partial charge in [-0.15, -0.1) is 0 Å². The van der Waals surface area contributed by atoms with Crippen LogP contribution < -0.4 is 11.5 Å². The van der Waals surface area contributed by atoms with E-state index in [-0.39, 0.29) is 5.95 Å². The third-order valence-electron chi connectivity index (χ3n) is 4.00. The molecule has 0 fully saturated rings. The first-order valence-electron chi connectivity index (χ1n) is 7.56. The number of aromatic nitrogens is 2. The predicted molar refractivity (Wildman–Crippen MR) is 91.6 cm³/mol. The molecule has 4 N–H and O–H groups in total. The molecule has 0 aliphatic carbocycles. The zero-order valence-corrected chi connectivity index (χ0v) is 12.7. The molecule has 0 bridgehead atoms. The van der Waals surface area contributed by atoms with Crippen LogP contribution in [-0.2, 0) is 19.3 Å². The highest BCUT2D eigenvalue weighted by Crippen LogP contribution is 2.22. The molecule has 0 saturated carbocycles. The number of anilines is 2. The van der Waals surface area contributed by atoms with Crippen LogP contribution in [0.4, 0.5) is 11.8 Å². The third-order valence-corrected chi connectivity index (χ3v) is 4.00. The summed E-state index contributed by atoms with van der Waals surface area (Å²) in [6, 6.07) is 14.8. The number of hydrogen-bond donors (Lipinski definition) is 2. The van der Waals surface area contributed by atoms with Gasteiger partial charge in [0.25, 0.3) is 0 Å². The van der Waals surface area contributed by atoms with Crippen molar-refractivity contribution in [2.24, 2.45) is 0 Å². The SMILES string of the molecule is CCc1nc(N)nc(N)c1CCc1cccc2ccccc12. The van der Waals surface area contributed by atoms with E-state index in [1.165, 1.54) is 16.3 Å². The number of aryl methyl sites for hydroxylation is 2. The number of nitrogens with two attached hydrogens (primary N) is 2. The molecule has 3 aromatic rings. The van der Waals surface area contributed by atoms with Crippen LogP contribution in [0.1, 0.15) is 23.7 Å². The first kappa shape index (κ1) is 14.3. The summed E-state index contributed by atoms with van der Waals surface area (Å²) >= 11 is 0. The molecular weight excluding hydrogens is 272 g/mol. The number of nitrogens with zero attached hydrogens (tertiary/aromatic N) is 2. The third kappa shape index (κ3) is 2.72. The first-order valence-corrected chi connectivity index (χ1v) is 7.56. The van der Waals surface area contributed by atoms with E-state index < -0.39 is 0 Å². The maximum Gasteiger partial charge on any atom is 0.222 e.